The average molecular weight is 535 g/mol. The molecule has 0 aliphatic carbocycles. The van der Waals surface area contributed by atoms with Gasteiger partial charge in [0, 0.05) is 10.4 Å². The van der Waals surface area contributed by atoms with Crippen LogP contribution in [0.5, 0.6) is 5.75 Å². The van der Waals surface area contributed by atoms with E-state index in [0.717, 1.165) is 16.2 Å². The predicted molar refractivity (Wildman–Crippen MR) is 137 cm³/mol. The highest BCUT2D eigenvalue weighted by molar-refractivity contribution is 7.10. The molecule has 188 valence electrons. The third kappa shape index (κ3) is 4.49. The fourth-order valence-corrected chi connectivity index (χ4v) is 5.93. The maximum absolute atomic E-state index is 13.7. The van der Waals surface area contributed by atoms with E-state index in [1.807, 2.05) is 47.8 Å². The number of para-hydroxylation sites is 1. The number of thiazole rings is 1. The molecule has 0 fully saturated rings. The van der Waals surface area contributed by atoms with Gasteiger partial charge in [-0.15, -0.1) is 16.6 Å². The van der Waals surface area contributed by atoms with Crippen molar-refractivity contribution in [1.29, 1.82) is 0 Å². The molecule has 2 aromatic heterocycles. The second-order valence-corrected chi connectivity index (χ2v) is 9.92. The van der Waals surface area contributed by atoms with Gasteiger partial charge in [0.15, 0.2) is 4.80 Å². The third-order valence-corrected chi connectivity index (χ3v) is 7.62. The molecule has 1 aliphatic heterocycles. The highest BCUT2D eigenvalue weighted by atomic mass is 32.1. The molecule has 9 nitrogen and oxygen atoms in total. The van der Waals surface area contributed by atoms with E-state index >= 15 is 0 Å². The zero-order valence-electron chi connectivity index (χ0n) is 19.4. The number of thiophene rings is 1. The van der Waals surface area contributed by atoms with Crippen LogP contribution in [0.15, 0.2) is 81.4 Å². The van der Waals surface area contributed by atoms with Gasteiger partial charge in [0.05, 0.1) is 28.1 Å². The molecule has 37 heavy (non-hydrogen) atoms. The molecule has 0 radical (unpaired) electrons. The number of benzene rings is 2. The van der Waals surface area contributed by atoms with Crippen molar-refractivity contribution in [3.63, 3.8) is 0 Å². The lowest BCUT2D eigenvalue weighted by Crippen LogP contribution is -2.39. The van der Waals surface area contributed by atoms with Crippen LogP contribution in [0.3, 0.4) is 0 Å². The minimum Gasteiger partial charge on any atom is -0.871 e. The number of anilines is 1. The summed E-state index contributed by atoms with van der Waals surface area (Å²) in [6, 6.07) is 16.3. The molecule has 2 aromatic carbocycles. The van der Waals surface area contributed by atoms with E-state index in [2.05, 4.69) is 0 Å². The normalized spacial score (nSPS) is 15.3. The summed E-state index contributed by atoms with van der Waals surface area (Å²) in [6.07, 6.45) is 1.39. The summed E-state index contributed by atoms with van der Waals surface area (Å²) in [4.78, 5) is 32.9. The standard InChI is InChI=1S/C26H21N3O6S2/c1-2-35-25(32)20-21(15-8-4-3-5-9-15)27-26-28(22(20)18-12-7-13-36-18)24(31)19(37-26)14-16-10-6-11-17(23(16)30)29(33)34/h3-14,22,30,33-34H,2H2,1H3/p-1. The second kappa shape index (κ2) is 10.1. The van der Waals surface area contributed by atoms with E-state index in [1.54, 1.807) is 6.92 Å². The Labute approximate surface area is 218 Å². The van der Waals surface area contributed by atoms with Gasteiger partial charge in [-0.25, -0.2) is 9.79 Å². The van der Waals surface area contributed by atoms with Gasteiger partial charge in [-0.1, -0.05) is 65.6 Å². The first kappa shape index (κ1) is 24.7. The van der Waals surface area contributed by atoms with Gasteiger partial charge in [-0.2, -0.15) is 0 Å². The Hall–Kier alpha value is -4.03. The summed E-state index contributed by atoms with van der Waals surface area (Å²) in [5, 5.41) is 33.0. The Morgan fingerprint density at radius 1 is 1.16 bits per heavy atom. The summed E-state index contributed by atoms with van der Waals surface area (Å²) in [7, 11) is 0. The lowest BCUT2D eigenvalue weighted by molar-refractivity contribution is -0.268. The Bertz CT molecular complexity index is 1670. The van der Waals surface area contributed by atoms with Gasteiger partial charge in [-0.05, 0) is 36.1 Å². The van der Waals surface area contributed by atoms with E-state index in [0.29, 0.717) is 16.1 Å². The highest BCUT2D eigenvalue weighted by Crippen LogP contribution is 2.37. The van der Waals surface area contributed by atoms with Crippen molar-refractivity contribution in [3.8, 4) is 5.75 Å². The Kier molecular flexibility index (Phi) is 6.76. The molecule has 0 saturated carbocycles. The fraction of sp³-hybridized carbons (Fsp3) is 0.115. The average Bonchev–Trinajstić information content (AvgIpc) is 3.53. The van der Waals surface area contributed by atoms with Crippen molar-refractivity contribution in [2.45, 2.75) is 13.0 Å². The molecule has 0 bridgehead atoms. The Morgan fingerprint density at radius 2 is 1.95 bits per heavy atom. The molecule has 2 N–H and O–H groups in total. The van der Waals surface area contributed by atoms with Crippen LogP contribution in [0.4, 0.5) is 5.69 Å². The van der Waals surface area contributed by atoms with E-state index < -0.39 is 23.3 Å². The monoisotopic (exact) mass is 534 g/mol. The first-order chi connectivity index (χ1) is 17.9. The van der Waals surface area contributed by atoms with Gasteiger partial charge in [-0.3, -0.25) is 19.8 Å². The van der Waals surface area contributed by atoms with E-state index in [4.69, 9.17) is 9.73 Å². The summed E-state index contributed by atoms with van der Waals surface area (Å²) in [6.45, 7) is 1.87. The number of rotatable bonds is 6. The van der Waals surface area contributed by atoms with Gasteiger partial charge in [0.25, 0.3) is 5.56 Å². The second-order valence-electron chi connectivity index (χ2n) is 7.93. The maximum atomic E-state index is 13.7. The Balaban J connectivity index is 1.80. The summed E-state index contributed by atoms with van der Waals surface area (Å²) < 4.78 is 7.05. The Morgan fingerprint density at radius 3 is 2.62 bits per heavy atom. The number of carbonyl (C=O) groups is 1. The van der Waals surface area contributed by atoms with Crippen molar-refractivity contribution in [3.05, 3.63) is 107 Å². The molecular weight excluding hydrogens is 514 g/mol. The first-order valence-electron chi connectivity index (χ1n) is 11.2. The predicted octanol–water partition coefficient (Wildman–Crippen LogP) is 2.66. The minimum atomic E-state index is -0.781. The van der Waals surface area contributed by atoms with E-state index in [-0.39, 0.29) is 33.2 Å². The number of carbonyl (C=O) groups excluding carboxylic acids is 1. The number of fused-ring (bicyclic) bond motifs is 1. The molecule has 3 heterocycles. The van der Waals surface area contributed by atoms with Crippen molar-refractivity contribution in [2.24, 2.45) is 4.99 Å². The topological polar surface area (TPSA) is 127 Å². The van der Waals surface area contributed by atoms with Crippen LogP contribution >= 0.6 is 22.7 Å². The van der Waals surface area contributed by atoms with Crippen LogP contribution in [0.25, 0.3) is 11.8 Å². The van der Waals surface area contributed by atoms with Crippen LogP contribution in [-0.4, -0.2) is 27.6 Å². The largest absolute Gasteiger partial charge is 0.871 e. The molecule has 0 spiro atoms. The molecule has 4 aromatic rings. The van der Waals surface area contributed by atoms with Crippen LogP contribution in [-0.2, 0) is 9.53 Å². The minimum absolute atomic E-state index is 0.0939. The summed E-state index contributed by atoms with van der Waals surface area (Å²) in [5.74, 6) is -1.23. The summed E-state index contributed by atoms with van der Waals surface area (Å²) >= 11 is 2.47. The number of nitrogens with zero attached hydrogens (tertiary/aromatic N) is 3. The highest BCUT2D eigenvalue weighted by Gasteiger charge is 2.35. The van der Waals surface area contributed by atoms with Crippen molar-refractivity contribution in [2.75, 3.05) is 11.8 Å². The van der Waals surface area contributed by atoms with Gasteiger partial charge in [0.2, 0.25) is 0 Å². The molecule has 11 heteroatoms. The van der Waals surface area contributed by atoms with Gasteiger partial charge < -0.3 is 9.84 Å². The zero-order chi connectivity index (χ0) is 26.1. The lowest BCUT2D eigenvalue weighted by Gasteiger charge is -2.24. The quantitative estimate of drug-likeness (QED) is 0.288. The SMILES string of the molecule is CCOC(=O)C1=C(c2ccccc2)N=c2sc(=Cc3cccc(N(O)O)c3[O-])c(=O)n2C1c1cccs1. The molecule has 1 aliphatic rings. The molecule has 1 unspecified atom stereocenters. The molecule has 5 rings (SSSR count). The third-order valence-electron chi connectivity index (χ3n) is 5.71. The zero-order valence-corrected chi connectivity index (χ0v) is 21.0. The first-order valence-corrected chi connectivity index (χ1v) is 12.9. The fourth-order valence-electron chi connectivity index (χ4n) is 4.11. The number of ether oxygens (including phenoxy) is 1. The van der Waals surface area contributed by atoms with Crippen LogP contribution in [0.1, 0.15) is 29.0 Å². The van der Waals surface area contributed by atoms with Crippen LogP contribution in [0, 0.1) is 0 Å². The molecular formula is C26H20N3O6S2-. The van der Waals surface area contributed by atoms with Crippen molar-refractivity contribution < 1.29 is 25.1 Å². The maximum Gasteiger partial charge on any atom is 0.338 e. The molecule has 0 amide bonds. The molecule has 0 saturated heterocycles. The number of aromatic nitrogens is 1. The van der Waals surface area contributed by atoms with Crippen molar-refractivity contribution >= 4 is 46.1 Å². The van der Waals surface area contributed by atoms with Crippen LogP contribution in [0.2, 0.25) is 0 Å². The van der Waals surface area contributed by atoms with E-state index in [1.165, 1.54) is 40.2 Å². The smallest absolute Gasteiger partial charge is 0.338 e. The lowest BCUT2D eigenvalue weighted by atomic mass is 9.97. The number of hydrogen-bond acceptors (Lipinski definition) is 10. The molecule has 1 atom stereocenters. The summed E-state index contributed by atoms with van der Waals surface area (Å²) in [5.41, 5.74) is 0.659. The number of esters is 1. The number of hydrogen-bond donors (Lipinski definition) is 2. The van der Waals surface area contributed by atoms with Gasteiger partial charge in [0.1, 0.15) is 6.04 Å². The van der Waals surface area contributed by atoms with Crippen molar-refractivity contribution in [1.82, 2.24) is 4.57 Å². The van der Waals surface area contributed by atoms with Gasteiger partial charge >= 0.3 is 5.97 Å². The van der Waals surface area contributed by atoms with E-state index in [9.17, 15) is 25.1 Å². The van der Waals surface area contributed by atoms with Crippen LogP contribution < -0.4 is 25.2 Å².